The van der Waals surface area contributed by atoms with E-state index in [1.165, 1.54) is 7.11 Å². The standard InChI is InChI=1S/C8H15N5O2/c1-6(7(14)15-4)5-12(2)8-9-10-11-13(8)3/h6H,5H2,1-4H3. The zero-order valence-electron chi connectivity index (χ0n) is 9.34. The molecule has 15 heavy (non-hydrogen) atoms. The van der Waals surface area contributed by atoms with Crippen molar-refractivity contribution in [2.24, 2.45) is 13.0 Å². The predicted molar refractivity (Wildman–Crippen MR) is 53.2 cm³/mol. The van der Waals surface area contributed by atoms with Gasteiger partial charge in [0.05, 0.1) is 13.0 Å². The molecular formula is C8H15N5O2. The van der Waals surface area contributed by atoms with Gasteiger partial charge in [0, 0.05) is 20.6 Å². The van der Waals surface area contributed by atoms with E-state index in [4.69, 9.17) is 0 Å². The van der Waals surface area contributed by atoms with E-state index in [2.05, 4.69) is 20.3 Å². The molecule has 0 saturated carbocycles. The van der Waals surface area contributed by atoms with E-state index in [1.807, 2.05) is 11.9 Å². The Kier molecular flexibility index (Phi) is 3.59. The second-order valence-corrected chi connectivity index (χ2v) is 3.41. The largest absolute Gasteiger partial charge is 0.469 e. The lowest BCUT2D eigenvalue weighted by atomic mass is 10.2. The lowest BCUT2D eigenvalue weighted by Gasteiger charge is -2.19. The van der Waals surface area contributed by atoms with Gasteiger partial charge in [-0.3, -0.25) is 4.79 Å². The quantitative estimate of drug-likeness (QED) is 0.625. The number of esters is 1. The molecule has 0 aliphatic rings. The Bertz CT molecular complexity index is 338. The first-order valence-electron chi connectivity index (χ1n) is 4.57. The van der Waals surface area contributed by atoms with Crippen molar-refractivity contribution >= 4 is 11.9 Å². The van der Waals surface area contributed by atoms with Crippen molar-refractivity contribution in [3.05, 3.63) is 0 Å². The van der Waals surface area contributed by atoms with Crippen molar-refractivity contribution in [1.82, 2.24) is 20.2 Å². The molecule has 0 amide bonds. The van der Waals surface area contributed by atoms with Crippen LogP contribution in [0.25, 0.3) is 0 Å². The average molecular weight is 213 g/mol. The molecule has 0 radical (unpaired) electrons. The first-order chi connectivity index (χ1) is 7.06. The number of rotatable bonds is 4. The smallest absolute Gasteiger partial charge is 0.310 e. The van der Waals surface area contributed by atoms with Gasteiger partial charge in [-0.2, -0.15) is 0 Å². The van der Waals surface area contributed by atoms with Crippen LogP contribution in [0.15, 0.2) is 0 Å². The molecule has 1 aromatic heterocycles. The monoisotopic (exact) mass is 213 g/mol. The van der Waals surface area contributed by atoms with Crippen LogP contribution < -0.4 is 4.90 Å². The third kappa shape index (κ3) is 2.64. The number of hydrogen-bond acceptors (Lipinski definition) is 6. The van der Waals surface area contributed by atoms with Crippen molar-refractivity contribution in [3.8, 4) is 0 Å². The first kappa shape index (κ1) is 11.4. The molecule has 0 aliphatic heterocycles. The summed E-state index contributed by atoms with van der Waals surface area (Å²) in [5.74, 6) is 0.166. The number of nitrogens with zero attached hydrogens (tertiary/aromatic N) is 5. The van der Waals surface area contributed by atoms with Crippen LogP contribution >= 0.6 is 0 Å². The van der Waals surface area contributed by atoms with Crippen LogP contribution in [0, 0.1) is 5.92 Å². The highest BCUT2D eigenvalue weighted by Gasteiger charge is 2.18. The fourth-order valence-corrected chi connectivity index (χ4v) is 1.32. The summed E-state index contributed by atoms with van der Waals surface area (Å²) >= 11 is 0. The summed E-state index contributed by atoms with van der Waals surface area (Å²) in [5, 5.41) is 11.1. The lowest BCUT2D eigenvalue weighted by Crippen LogP contribution is -2.31. The molecule has 84 valence electrons. The van der Waals surface area contributed by atoms with E-state index < -0.39 is 0 Å². The highest BCUT2D eigenvalue weighted by atomic mass is 16.5. The molecule has 7 heteroatoms. The van der Waals surface area contributed by atoms with Gasteiger partial charge < -0.3 is 9.64 Å². The number of carbonyl (C=O) groups excluding carboxylic acids is 1. The van der Waals surface area contributed by atoms with Crippen LogP contribution in [0.1, 0.15) is 6.92 Å². The summed E-state index contributed by atoms with van der Waals surface area (Å²) in [5.41, 5.74) is 0. The second-order valence-electron chi connectivity index (χ2n) is 3.41. The molecule has 1 rings (SSSR count). The minimum Gasteiger partial charge on any atom is -0.469 e. The van der Waals surface area contributed by atoms with Crippen molar-refractivity contribution < 1.29 is 9.53 Å². The molecule has 0 aromatic carbocycles. The van der Waals surface area contributed by atoms with E-state index >= 15 is 0 Å². The normalized spacial score (nSPS) is 12.3. The molecule has 0 N–H and O–H groups in total. The maximum absolute atomic E-state index is 11.2. The average Bonchev–Trinajstić information content (AvgIpc) is 2.63. The van der Waals surface area contributed by atoms with Crippen LogP contribution in [0.4, 0.5) is 5.95 Å². The molecule has 0 fully saturated rings. The number of tetrazole rings is 1. The maximum Gasteiger partial charge on any atom is 0.310 e. The number of ether oxygens (including phenoxy) is 1. The van der Waals surface area contributed by atoms with Gasteiger partial charge in [-0.25, -0.2) is 4.68 Å². The van der Waals surface area contributed by atoms with E-state index in [9.17, 15) is 4.79 Å². The minimum absolute atomic E-state index is 0.211. The third-order valence-corrected chi connectivity index (χ3v) is 2.09. The maximum atomic E-state index is 11.2. The van der Waals surface area contributed by atoms with Gasteiger partial charge in [-0.1, -0.05) is 12.0 Å². The molecule has 1 unspecified atom stereocenters. The van der Waals surface area contributed by atoms with Crippen molar-refractivity contribution in [1.29, 1.82) is 0 Å². The Hall–Kier alpha value is -1.66. The van der Waals surface area contributed by atoms with Gasteiger partial charge in [0.2, 0.25) is 5.95 Å². The van der Waals surface area contributed by atoms with Crippen LogP contribution in [0.2, 0.25) is 0 Å². The molecule has 0 spiro atoms. The summed E-state index contributed by atoms with van der Waals surface area (Å²) < 4.78 is 6.18. The van der Waals surface area contributed by atoms with Gasteiger partial charge >= 0.3 is 5.97 Å². The molecule has 1 atom stereocenters. The third-order valence-electron chi connectivity index (χ3n) is 2.09. The van der Waals surface area contributed by atoms with Crippen molar-refractivity contribution in [2.75, 3.05) is 25.6 Å². The Labute approximate surface area is 88.0 Å². The van der Waals surface area contributed by atoms with E-state index in [-0.39, 0.29) is 11.9 Å². The van der Waals surface area contributed by atoms with E-state index in [0.717, 1.165) is 0 Å². The number of aromatic nitrogens is 4. The predicted octanol–water partition coefficient (Wildman–Crippen LogP) is -0.545. The van der Waals surface area contributed by atoms with Gasteiger partial charge in [-0.15, -0.1) is 0 Å². The zero-order chi connectivity index (χ0) is 11.4. The van der Waals surface area contributed by atoms with Gasteiger partial charge in [0.1, 0.15) is 0 Å². The number of carbonyl (C=O) groups is 1. The number of anilines is 1. The highest BCUT2D eigenvalue weighted by Crippen LogP contribution is 2.08. The zero-order valence-corrected chi connectivity index (χ0v) is 9.34. The number of methoxy groups -OCH3 is 1. The van der Waals surface area contributed by atoms with Gasteiger partial charge in [0.15, 0.2) is 0 Å². The minimum atomic E-state index is -0.239. The summed E-state index contributed by atoms with van der Waals surface area (Å²) in [6.07, 6.45) is 0. The summed E-state index contributed by atoms with van der Waals surface area (Å²) in [7, 11) is 4.95. The molecule has 0 bridgehead atoms. The van der Waals surface area contributed by atoms with Crippen LogP contribution in [-0.2, 0) is 16.6 Å². The van der Waals surface area contributed by atoms with Crippen LogP contribution in [0.5, 0.6) is 0 Å². The SMILES string of the molecule is COC(=O)C(C)CN(C)c1nnnn1C. The molecule has 0 aliphatic carbocycles. The lowest BCUT2D eigenvalue weighted by molar-refractivity contribution is -0.144. The van der Waals surface area contributed by atoms with E-state index in [1.54, 1.807) is 18.7 Å². The molecule has 1 heterocycles. The van der Waals surface area contributed by atoms with Gasteiger partial charge in [-0.05, 0) is 10.4 Å². The summed E-state index contributed by atoms with van der Waals surface area (Å²) in [4.78, 5) is 13.0. The van der Waals surface area contributed by atoms with Crippen LogP contribution in [0.3, 0.4) is 0 Å². The molecular weight excluding hydrogens is 198 g/mol. The Morgan fingerprint density at radius 3 is 2.80 bits per heavy atom. The Morgan fingerprint density at radius 1 is 1.67 bits per heavy atom. The summed E-state index contributed by atoms with van der Waals surface area (Å²) in [6.45, 7) is 2.31. The Morgan fingerprint density at radius 2 is 2.33 bits per heavy atom. The van der Waals surface area contributed by atoms with Crippen molar-refractivity contribution in [3.63, 3.8) is 0 Å². The summed E-state index contributed by atoms with van der Waals surface area (Å²) in [6, 6.07) is 0. The number of aryl methyl sites for hydroxylation is 1. The Balaban J connectivity index is 2.60. The molecule has 1 aromatic rings. The molecule has 0 saturated heterocycles. The second kappa shape index (κ2) is 4.72. The van der Waals surface area contributed by atoms with Crippen molar-refractivity contribution in [2.45, 2.75) is 6.92 Å². The van der Waals surface area contributed by atoms with E-state index in [0.29, 0.717) is 12.5 Å². The number of hydrogen-bond donors (Lipinski definition) is 0. The fourth-order valence-electron chi connectivity index (χ4n) is 1.32. The van der Waals surface area contributed by atoms with Gasteiger partial charge in [0.25, 0.3) is 0 Å². The first-order valence-corrected chi connectivity index (χ1v) is 4.57. The topological polar surface area (TPSA) is 73.1 Å². The fraction of sp³-hybridized carbons (Fsp3) is 0.750. The molecule has 7 nitrogen and oxygen atoms in total. The highest BCUT2D eigenvalue weighted by molar-refractivity contribution is 5.72. The van der Waals surface area contributed by atoms with Crippen LogP contribution in [-0.4, -0.2) is 46.9 Å².